The zero-order valence-corrected chi connectivity index (χ0v) is 20.0. The lowest BCUT2D eigenvalue weighted by atomic mass is 9.98. The number of carbonyl (C=O) groups excluding carboxylic acids is 2. The number of nitrogens with one attached hydrogen (secondary N) is 3. The molecular weight excluding hydrogens is 466 g/mol. The fourth-order valence-corrected chi connectivity index (χ4v) is 4.03. The van der Waals surface area contributed by atoms with Crippen LogP contribution >= 0.6 is 11.6 Å². The first-order valence-electron chi connectivity index (χ1n) is 11.1. The Bertz CT molecular complexity index is 1370. The summed E-state index contributed by atoms with van der Waals surface area (Å²) in [6.45, 7) is 4.13. The normalized spacial score (nSPS) is 12.9. The van der Waals surface area contributed by atoms with Crippen molar-refractivity contribution in [2.75, 3.05) is 11.1 Å². The number of benzene rings is 3. The van der Waals surface area contributed by atoms with Crippen LogP contribution in [0.5, 0.6) is 0 Å². The van der Waals surface area contributed by atoms with Crippen LogP contribution in [-0.2, 0) is 4.79 Å². The van der Waals surface area contributed by atoms with E-state index < -0.39 is 24.0 Å². The molecular formula is C26H26ClN5O3. The van der Waals surface area contributed by atoms with E-state index in [-0.39, 0.29) is 5.95 Å². The van der Waals surface area contributed by atoms with Crippen LogP contribution in [-0.4, -0.2) is 33.0 Å². The molecule has 4 rings (SSSR count). The van der Waals surface area contributed by atoms with Crippen LogP contribution < -0.4 is 16.4 Å². The Hall–Kier alpha value is -3.88. The predicted octanol–water partition coefficient (Wildman–Crippen LogP) is 4.39. The molecule has 8 nitrogen and oxygen atoms in total. The summed E-state index contributed by atoms with van der Waals surface area (Å²) in [5.74, 6) is -0.569. The summed E-state index contributed by atoms with van der Waals surface area (Å²) in [7, 11) is 0. The van der Waals surface area contributed by atoms with Crippen molar-refractivity contribution in [3.05, 3.63) is 88.4 Å². The molecule has 180 valence electrons. The van der Waals surface area contributed by atoms with Gasteiger partial charge < -0.3 is 26.5 Å². The third kappa shape index (κ3) is 5.45. The molecule has 0 saturated heterocycles. The molecule has 0 radical (unpaired) electrons. The van der Waals surface area contributed by atoms with E-state index in [0.717, 1.165) is 5.56 Å². The number of carbonyl (C=O) groups is 2. The molecule has 35 heavy (non-hydrogen) atoms. The molecule has 4 aromatic rings. The first-order chi connectivity index (χ1) is 16.7. The zero-order chi connectivity index (χ0) is 25.1. The second kappa shape index (κ2) is 10.2. The third-order valence-electron chi connectivity index (χ3n) is 5.72. The maximum atomic E-state index is 13.0. The van der Waals surface area contributed by atoms with Gasteiger partial charge in [0.15, 0.2) is 12.1 Å². The van der Waals surface area contributed by atoms with E-state index in [1.807, 2.05) is 12.1 Å². The van der Waals surface area contributed by atoms with E-state index in [2.05, 4.69) is 34.4 Å². The van der Waals surface area contributed by atoms with Crippen LogP contribution in [0.1, 0.15) is 47.3 Å². The van der Waals surface area contributed by atoms with E-state index in [9.17, 15) is 14.7 Å². The highest BCUT2D eigenvalue weighted by molar-refractivity contribution is 6.31. The topological polar surface area (TPSA) is 133 Å². The van der Waals surface area contributed by atoms with Crippen molar-refractivity contribution < 1.29 is 14.7 Å². The summed E-state index contributed by atoms with van der Waals surface area (Å²) in [6.07, 6.45) is -1.63. The van der Waals surface area contributed by atoms with Gasteiger partial charge >= 0.3 is 0 Å². The Balaban J connectivity index is 1.58. The number of imidazole rings is 1. The predicted molar refractivity (Wildman–Crippen MR) is 137 cm³/mol. The number of amides is 2. The van der Waals surface area contributed by atoms with Crippen LogP contribution in [0.3, 0.4) is 0 Å². The summed E-state index contributed by atoms with van der Waals surface area (Å²) < 4.78 is 0. The molecule has 3 aromatic carbocycles. The lowest BCUT2D eigenvalue weighted by Crippen LogP contribution is -2.42. The number of rotatable bonds is 7. The molecule has 1 heterocycles. The number of aliphatic hydroxyl groups excluding tert-OH is 1. The summed E-state index contributed by atoms with van der Waals surface area (Å²) in [5.41, 5.74) is 9.31. The van der Waals surface area contributed by atoms with Crippen molar-refractivity contribution in [1.82, 2.24) is 15.3 Å². The number of nitrogens with zero attached hydrogens (tertiary/aromatic N) is 1. The largest absolute Gasteiger partial charge is 0.381 e. The number of hydrogen-bond acceptors (Lipinski definition) is 5. The molecule has 0 aliphatic carbocycles. The lowest BCUT2D eigenvalue weighted by Gasteiger charge is -2.25. The van der Waals surface area contributed by atoms with Gasteiger partial charge in [-0.2, -0.15) is 0 Å². The summed E-state index contributed by atoms with van der Waals surface area (Å²) in [4.78, 5) is 33.1. The van der Waals surface area contributed by atoms with Crippen LogP contribution in [0, 0.1) is 0 Å². The number of anilines is 2. The van der Waals surface area contributed by atoms with Crippen LogP contribution in [0.25, 0.3) is 11.0 Å². The van der Waals surface area contributed by atoms with Crippen molar-refractivity contribution >= 4 is 46.1 Å². The van der Waals surface area contributed by atoms with Gasteiger partial charge in [0.25, 0.3) is 11.8 Å². The number of H-pyrrole nitrogens is 1. The van der Waals surface area contributed by atoms with Gasteiger partial charge in [-0.05, 0) is 53.4 Å². The molecule has 0 spiro atoms. The van der Waals surface area contributed by atoms with Gasteiger partial charge in [0.1, 0.15) is 0 Å². The quantitative estimate of drug-likeness (QED) is 0.261. The highest BCUT2D eigenvalue weighted by atomic mass is 35.5. The summed E-state index contributed by atoms with van der Waals surface area (Å²) in [6, 6.07) is 17.8. The van der Waals surface area contributed by atoms with Crippen molar-refractivity contribution in [1.29, 1.82) is 0 Å². The highest BCUT2D eigenvalue weighted by Gasteiger charge is 2.31. The van der Waals surface area contributed by atoms with E-state index in [0.29, 0.717) is 38.8 Å². The maximum absolute atomic E-state index is 13.0. The Morgan fingerprint density at radius 3 is 2.46 bits per heavy atom. The molecule has 0 fully saturated rings. The SMILES string of the molecule is CC(C)c1ccc(C(=O)NC(c2ccccc2Cl)C(O)C(=O)Nc2ccc3nc(N)[nH]c3c2)cc1. The molecule has 2 atom stereocenters. The van der Waals surface area contributed by atoms with Crippen LogP contribution in [0.2, 0.25) is 5.02 Å². The Morgan fingerprint density at radius 2 is 1.77 bits per heavy atom. The summed E-state index contributed by atoms with van der Waals surface area (Å²) >= 11 is 6.36. The minimum absolute atomic E-state index is 0.256. The zero-order valence-electron chi connectivity index (χ0n) is 19.2. The molecule has 0 saturated carbocycles. The third-order valence-corrected chi connectivity index (χ3v) is 6.06. The molecule has 9 heteroatoms. The average Bonchev–Trinajstić information content (AvgIpc) is 3.21. The van der Waals surface area contributed by atoms with Gasteiger partial charge in [-0.3, -0.25) is 9.59 Å². The van der Waals surface area contributed by atoms with Crippen molar-refractivity contribution in [2.24, 2.45) is 0 Å². The Labute approximate surface area is 207 Å². The number of nitrogen functional groups attached to an aromatic ring is 1. The second-order valence-electron chi connectivity index (χ2n) is 8.54. The van der Waals surface area contributed by atoms with Crippen LogP contribution in [0.15, 0.2) is 66.7 Å². The molecule has 6 N–H and O–H groups in total. The smallest absolute Gasteiger partial charge is 0.255 e. The van der Waals surface area contributed by atoms with Crippen LogP contribution in [0.4, 0.5) is 11.6 Å². The van der Waals surface area contributed by atoms with Gasteiger partial charge in [0.05, 0.1) is 17.1 Å². The van der Waals surface area contributed by atoms with Gasteiger partial charge in [-0.15, -0.1) is 0 Å². The van der Waals surface area contributed by atoms with Gasteiger partial charge in [-0.1, -0.05) is 55.8 Å². The monoisotopic (exact) mass is 491 g/mol. The number of hydrogen-bond donors (Lipinski definition) is 5. The van der Waals surface area contributed by atoms with Crippen molar-refractivity contribution in [3.63, 3.8) is 0 Å². The number of nitrogens with two attached hydrogens (primary N) is 1. The van der Waals surface area contributed by atoms with E-state index in [1.165, 1.54) is 0 Å². The molecule has 0 bridgehead atoms. The molecule has 2 unspecified atom stereocenters. The number of aliphatic hydroxyl groups is 1. The van der Waals surface area contributed by atoms with Gasteiger partial charge in [-0.25, -0.2) is 4.98 Å². The number of aromatic amines is 1. The first kappa shape index (κ1) is 24.3. The van der Waals surface area contributed by atoms with E-state index in [4.69, 9.17) is 17.3 Å². The minimum Gasteiger partial charge on any atom is -0.381 e. The van der Waals surface area contributed by atoms with Gasteiger partial charge in [0, 0.05) is 16.3 Å². The van der Waals surface area contributed by atoms with Crippen molar-refractivity contribution in [2.45, 2.75) is 31.9 Å². The molecule has 1 aromatic heterocycles. The average molecular weight is 492 g/mol. The standard InChI is InChI=1S/C26H26ClN5O3/c1-14(2)15-7-9-16(10-8-15)24(34)32-22(18-5-3-4-6-19(18)27)23(33)25(35)29-17-11-12-20-21(13-17)31-26(28)30-20/h3-14,22-23,33H,1-2H3,(H,29,35)(H,32,34)(H3,28,30,31). The Kier molecular flexibility index (Phi) is 7.04. The maximum Gasteiger partial charge on any atom is 0.255 e. The summed E-state index contributed by atoms with van der Waals surface area (Å²) in [5, 5.41) is 16.8. The minimum atomic E-state index is -1.63. The number of fused-ring (bicyclic) bond motifs is 1. The molecule has 0 aliphatic rings. The number of aromatic nitrogens is 2. The fourth-order valence-electron chi connectivity index (χ4n) is 3.77. The molecule has 0 aliphatic heterocycles. The fraction of sp³-hybridized carbons (Fsp3) is 0.192. The van der Waals surface area contributed by atoms with E-state index >= 15 is 0 Å². The second-order valence-corrected chi connectivity index (χ2v) is 8.94. The Morgan fingerprint density at radius 1 is 1.06 bits per heavy atom. The van der Waals surface area contributed by atoms with E-state index in [1.54, 1.807) is 54.6 Å². The highest BCUT2D eigenvalue weighted by Crippen LogP contribution is 2.27. The van der Waals surface area contributed by atoms with Gasteiger partial charge in [0.2, 0.25) is 0 Å². The number of halogens is 1. The first-order valence-corrected chi connectivity index (χ1v) is 11.5. The molecule has 2 amide bonds. The lowest BCUT2D eigenvalue weighted by molar-refractivity contribution is -0.125. The van der Waals surface area contributed by atoms with Crippen molar-refractivity contribution in [3.8, 4) is 0 Å².